The van der Waals surface area contributed by atoms with Crippen LogP contribution >= 0.6 is 0 Å². The minimum atomic E-state index is 0.441. The lowest BCUT2D eigenvalue weighted by Crippen LogP contribution is -2.34. The number of aryl methyl sites for hydroxylation is 1. The normalized spacial score (nSPS) is 17.4. The number of nitrogens with one attached hydrogen (secondary N) is 1. The van der Waals surface area contributed by atoms with Gasteiger partial charge in [0, 0.05) is 6.54 Å². The van der Waals surface area contributed by atoms with Gasteiger partial charge in [0.1, 0.15) is 5.75 Å². The summed E-state index contributed by atoms with van der Waals surface area (Å²) in [6.45, 7) is 6.68. The zero-order chi connectivity index (χ0) is 14.4. The predicted octanol–water partition coefficient (Wildman–Crippen LogP) is 4.11. The molecule has 1 aromatic carbocycles. The van der Waals surface area contributed by atoms with Crippen molar-refractivity contribution in [3.8, 4) is 5.75 Å². The highest BCUT2D eigenvalue weighted by Crippen LogP contribution is 2.42. The molecule has 0 saturated heterocycles. The third-order valence-corrected chi connectivity index (χ3v) is 4.59. The fourth-order valence-corrected chi connectivity index (χ4v) is 3.52. The maximum atomic E-state index is 5.56. The van der Waals surface area contributed by atoms with Crippen LogP contribution in [0, 0.1) is 12.3 Å². The third-order valence-electron chi connectivity index (χ3n) is 4.59. The zero-order valence-corrected chi connectivity index (χ0v) is 13.3. The molecule has 1 aromatic rings. The van der Waals surface area contributed by atoms with Crippen LogP contribution in [0.15, 0.2) is 18.2 Å². The summed E-state index contributed by atoms with van der Waals surface area (Å²) in [5, 5.41) is 3.65. The lowest BCUT2D eigenvalue weighted by Gasteiger charge is -2.30. The minimum Gasteiger partial charge on any atom is -0.496 e. The SMILES string of the molecule is CCCNCC1(Cc2cc(C)ccc2OC)CCCC1. The van der Waals surface area contributed by atoms with Crippen molar-refractivity contribution in [1.82, 2.24) is 5.32 Å². The Kier molecular flexibility index (Phi) is 5.47. The molecule has 2 rings (SSSR count). The van der Waals surface area contributed by atoms with Gasteiger partial charge in [-0.2, -0.15) is 0 Å². The Morgan fingerprint density at radius 3 is 2.65 bits per heavy atom. The van der Waals surface area contributed by atoms with Crippen LogP contribution in [0.2, 0.25) is 0 Å². The summed E-state index contributed by atoms with van der Waals surface area (Å²) >= 11 is 0. The molecule has 2 nitrogen and oxygen atoms in total. The summed E-state index contributed by atoms with van der Waals surface area (Å²) in [5.41, 5.74) is 3.15. The molecular weight excluding hydrogens is 246 g/mol. The molecule has 0 bridgehead atoms. The molecule has 0 spiro atoms. The van der Waals surface area contributed by atoms with E-state index in [1.54, 1.807) is 7.11 Å². The molecule has 1 N–H and O–H groups in total. The second-order valence-electron chi connectivity index (χ2n) is 6.38. The van der Waals surface area contributed by atoms with Gasteiger partial charge in [0.15, 0.2) is 0 Å². The van der Waals surface area contributed by atoms with E-state index >= 15 is 0 Å². The Hall–Kier alpha value is -1.02. The lowest BCUT2D eigenvalue weighted by atomic mass is 9.79. The van der Waals surface area contributed by atoms with Crippen molar-refractivity contribution in [3.05, 3.63) is 29.3 Å². The van der Waals surface area contributed by atoms with Crippen LogP contribution < -0.4 is 10.1 Å². The van der Waals surface area contributed by atoms with E-state index < -0.39 is 0 Å². The highest BCUT2D eigenvalue weighted by Gasteiger charge is 2.34. The van der Waals surface area contributed by atoms with Crippen molar-refractivity contribution in [2.75, 3.05) is 20.2 Å². The van der Waals surface area contributed by atoms with E-state index in [1.165, 1.54) is 43.2 Å². The van der Waals surface area contributed by atoms with Crippen LogP contribution in [0.1, 0.15) is 50.2 Å². The monoisotopic (exact) mass is 275 g/mol. The molecule has 0 atom stereocenters. The van der Waals surface area contributed by atoms with Gasteiger partial charge in [0.2, 0.25) is 0 Å². The Bertz CT molecular complexity index is 421. The van der Waals surface area contributed by atoms with E-state index in [0.29, 0.717) is 5.41 Å². The Morgan fingerprint density at radius 2 is 2.00 bits per heavy atom. The average molecular weight is 275 g/mol. The maximum Gasteiger partial charge on any atom is 0.122 e. The Balaban J connectivity index is 2.13. The largest absolute Gasteiger partial charge is 0.496 e. The Morgan fingerprint density at radius 1 is 1.25 bits per heavy atom. The lowest BCUT2D eigenvalue weighted by molar-refractivity contribution is 0.273. The summed E-state index contributed by atoms with van der Waals surface area (Å²) in [5.74, 6) is 1.05. The van der Waals surface area contributed by atoms with E-state index in [-0.39, 0.29) is 0 Å². The van der Waals surface area contributed by atoms with E-state index in [9.17, 15) is 0 Å². The molecule has 0 amide bonds. The quantitative estimate of drug-likeness (QED) is 0.756. The third kappa shape index (κ3) is 3.76. The molecule has 0 aromatic heterocycles. The maximum absolute atomic E-state index is 5.56. The van der Waals surface area contributed by atoms with E-state index in [1.807, 2.05) is 0 Å². The molecule has 0 aliphatic heterocycles. The molecule has 1 saturated carbocycles. The molecular formula is C18H29NO. The van der Waals surface area contributed by atoms with Crippen LogP contribution in [-0.4, -0.2) is 20.2 Å². The number of hydrogen-bond donors (Lipinski definition) is 1. The standard InChI is InChI=1S/C18H29NO/c1-4-11-19-14-18(9-5-6-10-18)13-16-12-15(2)7-8-17(16)20-3/h7-8,12,19H,4-6,9-11,13-14H2,1-3H3. The molecule has 2 heteroatoms. The van der Waals surface area contributed by atoms with Gasteiger partial charge in [-0.3, -0.25) is 0 Å². The van der Waals surface area contributed by atoms with Crippen molar-refractivity contribution in [3.63, 3.8) is 0 Å². The van der Waals surface area contributed by atoms with Gasteiger partial charge in [0.05, 0.1) is 7.11 Å². The van der Waals surface area contributed by atoms with Gasteiger partial charge in [-0.15, -0.1) is 0 Å². The first-order valence-corrected chi connectivity index (χ1v) is 8.03. The van der Waals surface area contributed by atoms with Crippen molar-refractivity contribution < 1.29 is 4.74 Å². The van der Waals surface area contributed by atoms with Crippen LogP contribution in [0.4, 0.5) is 0 Å². The zero-order valence-electron chi connectivity index (χ0n) is 13.3. The average Bonchev–Trinajstić information content (AvgIpc) is 2.88. The van der Waals surface area contributed by atoms with Crippen LogP contribution in [0.3, 0.4) is 0 Å². The summed E-state index contributed by atoms with van der Waals surface area (Å²) in [6.07, 6.45) is 7.81. The number of hydrogen-bond acceptors (Lipinski definition) is 2. The topological polar surface area (TPSA) is 21.3 Å². The highest BCUT2D eigenvalue weighted by molar-refractivity contribution is 5.37. The Labute approximate surface area is 123 Å². The molecule has 1 fully saturated rings. The van der Waals surface area contributed by atoms with Crippen molar-refractivity contribution in [2.24, 2.45) is 5.41 Å². The van der Waals surface area contributed by atoms with Gasteiger partial charge in [0.25, 0.3) is 0 Å². The number of benzene rings is 1. The van der Waals surface area contributed by atoms with Crippen molar-refractivity contribution >= 4 is 0 Å². The van der Waals surface area contributed by atoms with Gasteiger partial charge in [-0.1, -0.05) is 37.5 Å². The number of methoxy groups -OCH3 is 1. The fraction of sp³-hybridized carbons (Fsp3) is 0.667. The van der Waals surface area contributed by atoms with E-state index in [4.69, 9.17) is 4.74 Å². The molecule has 0 unspecified atom stereocenters. The summed E-state index contributed by atoms with van der Waals surface area (Å²) < 4.78 is 5.56. The van der Waals surface area contributed by atoms with Crippen LogP contribution in [-0.2, 0) is 6.42 Å². The molecule has 0 radical (unpaired) electrons. The number of rotatable bonds is 7. The fourth-order valence-electron chi connectivity index (χ4n) is 3.52. The van der Waals surface area contributed by atoms with Crippen molar-refractivity contribution in [1.29, 1.82) is 0 Å². The molecule has 112 valence electrons. The first-order valence-electron chi connectivity index (χ1n) is 8.03. The van der Waals surface area contributed by atoms with Gasteiger partial charge >= 0.3 is 0 Å². The first-order chi connectivity index (χ1) is 9.69. The molecule has 20 heavy (non-hydrogen) atoms. The molecule has 1 aliphatic carbocycles. The smallest absolute Gasteiger partial charge is 0.122 e. The minimum absolute atomic E-state index is 0.441. The van der Waals surface area contributed by atoms with Gasteiger partial charge in [-0.05, 0) is 56.2 Å². The van der Waals surface area contributed by atoms with Gasteiger partial charge < -0.3 is 10.1 Å². The van der Waals surface area contributed by atoms with Crippen LogP contribution in [0.5, 0.6) is 5.75 Å². The summed E-state index contributed by atoms with van der Waals surface area (Å²) in [6, 6.07) is 6.56. The highest BCUT2D eigenvalue weighted by atomic mass is 16.5. The van der Waals surface area contributed by atoms with Crippen molar-refractivity contribution in [2.45, 2.75) is 52.4 Å². The van der Waals surface area contributed by atoms with E-state index in [0.717, 1.165) is 25.3 Å². The molecule has 0 heterocycles. The second-order valence-corrected chi connectivity index (χ2v) is 6.38. The first kappa shape index (κ1) is 15.4. The molecule has 1 aliphatic rings. The second kappa shape index (κ2) is 7.12. The van der Waals surface area contributed by atoms with Gasteiger partial charge in [-0.25, -0.2) is 0 Å². The van der Waals surface area contributed by atoms with Crippen LogP contribution in [0.25, 0.3) is 0 Å². The predicted molar refractivity (Wildman–Crippen MR) is 85.5 cm³/mol. The number of ether oxygens (including phenoxy) is 1. The summed E-state index contributed by atoms with van der Waals surface area (Å²) in [7, 11) is 1.78. The van der Waals surface area contributed by atoms with E-state index in [2.05, 4.69) is 37.4 Å². The summed E-state index contributed by atoms with van der Waals surface area (Å²) in [4.78, 5) is 0.